The molecule has 0 bridgehead atoms. The highest BCUT2D eigenvalue weighted by molar-refractivity contribution is 5.69. The summed E-state index contributed by atoms with van der Waals surface area (Å²) in [5, 5.41) is 9.26. The molecular weight excluding hydrogens is 270 g/mol. The number of nitrogens with zero attached hydrogens (tertiary/aromatic N) is 1. The van der Waals surface area contributed by atoms with Crippen molar-refractivity contribution in [2.24, 2.45) is 0 Å². The van der Waals surface area contributed by atoms with Crippen LogP contribution in [0.2, 0.25) is 0 Å². The summed E-state index contributed by atoms with van der Waals surface area (Å²) >= 11 is 0. The molecule has 5 heteroatoms. The Kier molecular flexibility index (Phi) is 4.12. The summed E-state index contributed by atoms with van der Waals surface area (Å²) < 4.78 is 11.1. The van der Waals surface area contributed by atoms with E-state index in [-0.39, 0.29) is 30.9 Å². The predicted molar refractivity (Wildman–Crippen MR) is 76.7 cm³/mol. The molecule has 1 aromatic carbocycles. The molecule has 1 saturated carbocycles. The summed E-state index contributed by atoms with van der Waals surface area (Å²) in [6.45, 7) is 1.11. The van der Waals surface area contributed by atoms with Crippen molar-refractivity contribution in [1.82, 2.24) is 4.90 Å². The maximum atomic E-state index is 12.4. The van der Waals surface area contributed by atoms with E-state index in [2.05, 4.69) is 0 Å². The molecule has 2 aliphatic rings. The van der Waals surface area contributed by atoms with Crippen LogP contribution in [0.1, 0.15) is 24.8 Å². The molecule has 1 atom stereocenters. The Hall–Kier alpha value is -1.59. The van der Waals surface area contributed by atoms with Crippen molar-refractivity contribution in [3.8, 4) is 0 Å². The third-order valence-corrected chi connectivity index (χ3v) is 4.46. The van der Waals surface area contributed by atoms with Gasteiger partial charge in [-0.15, -0.1) is 0 Å². The van der Waals surface area contributed by atoms with E-state index in [0.717, 1.165) is 24.8 Å². The summed E-state index contributed by atoms with van der Waals surface area (Å²) in [6, 6.07) is 9.65. The first-order valence-corrected chi connectivity index (χ1v) is 7.44. The molecule has 1 heterocycles. The normalized spacial score (nSPS) is 23.7. The highest BCUT2D eigenvalue weighted by Gasteiger charge is 2.49. The lowest BCUT2D eigenvalue weighted by molar-refractivity contribution is -0.141. The molecule has 0 radical (unpaired) electrons. The summed E-state index contributed by atoms with van der Waals surface area (Å²) in [5.74, 6) is 0. The topological polar surface area (TPSA) is 59.0 Å². The van der Waals surface area contributed by atoms with Gasteiger partial charge in [-0.05, 0) is 24.8 Å². The van der Waals surface area contributed by atoms with E-state index in [1.54, 1.807) is 4.90 Å². The molecule has 3 rings (SSSR count). The largest absolute Gasteiger partial charge is 0.445 e. The summed E-state index contributed by atoms with van der Waals surface area (Å²) in [5.41, 5.74) is 0.764. The van der Waals surface area contributed by atoms with Crippen molar-refractivity contribution in [3.05, 3.63) is 35.9 Å². The zero-order valence-corrected chi connectivity index (χ0v) is 12.0. The molecule has 5 nitrogen and oxygen atoms in total. The average Bonchev–Trinajstić information content (AvgIpc) is 2.51. The van der Waals surface area contributed by atoms with Crippen LogP contribution in [0.25, 0.3) is 0 Å². The van der Waals surface area contributed by atoms with Crippen LogP contribution in [-0.2, 0) is 16.1 Å². The number of carbonyl (C=O) groups is 1. The van der Waals surface area contributed by atoms with Crippen LogP contribution in [0, 0.1) is 0 Å². The van der Waals surface area contributed by atoms with Crippen LogP contribution in [0.3, 0.4) is 0 Å². The fraction of sp³-hybridized carbons (Fsp3) is 0.562. The Morgan fingerprint density at radius 2 is 2.14 bits per heavy atom. The minimum atomic E-state index is -0.305. The highest BCUT2D eigenvalue weighted by Crippen LogP contribution is 2.41. The first kappa shape index (κ1) is 14.4. The molecule has 1 amide bonds. The van der Waals surface area contributed by atoms with Gasteiger partial charge in [0.15, 0.2) is 0 Å². The Morgan fingerprint density at radius 1 is 1.38 bits per heavy atom. The van der Waals surface area contributed by atoms with Gasteiger partial charge in [-0.3, -0.25) is 4.90 Å². The van der Waals surface area contributed by atoms with Crippen LogP contribution in [-0.4, -0.2) is 47.5 Å². The van der Waals surface area contributed by atoms with Crippen molar-refractivity contribution < 1.29 is 19.4 Å². The summed E-state index contributed by atoms with van der Waals surface area (Å²) in [7, 11) is 0. The molecule has 1 aliphatic carbocycles. The highest BCUT2D eigenvalue weighted by atomic mass is 16.6. The van der Waals surface area contributed by atoms with Gasteiger partial charge in [0.25, 0.3) is 0 Å². The SMILES string of the molecule is O=C(OCc1ccccc1)N1CC(CO)OCC12CCC2. The quantitative estimate of drug-likeness (QED) is 0.924. The van der Waals surface area contributed by atoms with Crippen LogP contribution in [0.5, 0.6) is 0 Å². The summed E-state index contributed by atoms with van der Waals surface area (Å²) in [4.78, 5) is 14.2. The molecule has 1 N–H and O–H groups in total. The molecule has 1 unspecified atom stereocenters. The fourth-order valence-corrected chi connectivity index (χ4v) is 2.98. The zero-order chi connectivity index (χ0) is 14.7. The molecule has 1 aromatic rings. The third kappa shape index (κ3) is 2.89. The van der Waals surface area contributed by atoms with Crippen LogP contribution in [0.15, 0.2) is 30.3 Å². The first-order chi connectivity index (χ1) is 10.2. The zero-order valence-electron chi connectivity index (χ0n) is 12.0. The lowest BCUT2D eigenvalue weighted by Crippen LogP contribution is -2.65. The number of aliphatic hydroxyl groups is 1. The van der Waals surface area contributed by atoms with Crippen molar-refractivity contribution in [3.63, 3.8) is 0 Å². The van der Waals surface area contributed by atoms with Gasteiger partial charge >= 0.3 is 6.09 Å². The second-order valence-electron chi connectivity index (χ2n) is 5.84. The average molecular weight is 291 g/mol. The molecule has 1 saturated heterocycles. The second kappa shape index (κ2) is 6.03. The van der Waals surface area contributed by atoms with E-state index >= 15 is 0 Å². The molecule has 0 aromatic heterocycles. The predicted octanol–water partition coefficient (Wildman–Crippen LogP) is 1.94. The van der Waals surface area contributed by atoms with E-state index in [1.165, 1.54) is 0 Å². The summed E-state index contributed by atoms with van der Waals surface area (Å²) in [6.07, 6.45) is 2.40. The number of ether oxygens (including phenoxy) is 2. The number of benzene rings is 1. The van der Waals surface area contributed by atoms with Gasteiger partial charge in [-0.25, -0.2) is 4.79 Å². The molecule has 1 aliphatic heterocycles. The minimum absolute atomic E-state index is 0.0709. The van der Waals surface area contributed by atoms with Gasteiger partial charge in [0.1, 0.15) is 6.61 Å². The monoisotopic (exact) mass is 291 g/mol. The number of hydrogen-bond acceptors (Lipinski definition) is 4. The van der Waals surface area contributed by atoms with Crippen molar-refractivity contribution in [2.45, 2.75) is 37.5 Å². The fourth-order valence-electron chi connectivity index (χ4n) is 2.98. The number of hydrogen-bond donors (Lipinski definition) is 1. The minimum Gasteiger partial charge on any atom is -0.445 e. The van der Waals surface area contributed by atoms with Gasteiger partial charge < -0.3 is 14.6 Å². The van der Waals surface area contributed by atoms with Crippen molar-refractivity contribution in [1.29, 1.82) is 0 Å². The third-order valence-electron chi connectivity index (χ3n) is 4.46. The van der Waals surface area contributed by atoms with Gasteiger partial charge in [0, 0.05) is 0 Å². The smallest absolute Gasteiger partial charge is 0.410 e. The maximum absolute atomic E-state index is 12.4. The lowest BCUT2D eigenvalue weighted by Gasteiger charge is -2.53. The number of rotatable bonds is 3. The van der Waals surface area contributed by atoms with E-state index in [4.69, 9.17) is 9.47 Å². The second-order valence-corrected chi connectivity index (χ2v) is 5.84. The van der Waals surface area contributed by atoms with Crippen LogP contribution < -0.4 is 0 Å². The van der Waals surface area contributed by atoms with Gasteiger partial charge in [0.05, 0.1) is 31.4 Å². The maximum Gasteiger partial charge on any atom is 0.410 e. The number of morpholine rings is 1. The Labute approximate surface area is 124 Å². The number of aliphatic hydroxyl groups excluding tert-OH is 1. The Balaban J connectivity index is 1.63. The van der Waals surface area contributed by atoms with Crippen LogP contribution >= 0.6 is 0 Å². The molecule has 1 spiro atoms. The van der Waals surface area contributed by atoms with Crippen molar-refractivity contribution in [2.75, 3.05) is 19.8 Å². The van der Waals surface area contributed by atoms with E-state index in [9.17, 15) is 9.90 Å². The van der Waals surface area contributed by atoms with E-state index in [1.807, 2.05) is 30.3 Å². The van der Waals surface area contributed by atoms with Crippen LogP contribution in [0.4, 0.5) is 4.79 Å². The van der Waals surface area contributed by atoms with Gasteiger partial charge in [-0.1, -0.05) is 30.3 Å². The number of carbonyl (C=O) groups excluding carboxylic acids is 1. The first-order valence-electron chi connectivity index (χ1n) is 7.44. The van der Waals surface area contributed by atoms with Crippen molar-refractivity contribution >= 4 is 6.09 Å². The Morgan fingerprint density at radius 3 is 2.76 bits per heavy atom. The standard InChI is InChI=1S/C16H21NO4/c18-10-14-9-17(16(12-21-14)7-4-8-16)15(19)20-11-13-5-2-1-3-6-13/h1-3,5-6,14,18H,4,7-12H2. The van der Waals surface area contributed by atoms with E-state index in [0.29, 0.717) is 13.2 Å². The van der Waals surface area contributed by atoms with Gasteiger partial charge in [0.2, 0.25) is 0 Å². The molecule has 2 fully saturated rings. The van der Waals surface area contributed by atoms with E-state index < -0.39 is 0 Å². The van der Waals surface area contributed by atoms with Gasteiger partial charge in [-0.2, -0.15) is 0 Å². The number of amides is 1. The molecule has 21 heavy (non-hydrogen) atoms. The molecular formula is C16H21NO4. The Bertz CT molecular complexity index is 486. The lowest BCUT2D eigenvalue weighted by atomic mass is 9.75. The molecule has 114 valence electrons.